The minimum atomic E-state index is 0.359. The summed E-state index contributed by atoms with van der Waals surface area (Å²) < 4.78 is 11.2. The van der Waals surface area contributed by atoms with E-state index in [1.807, 2.05) is 18.2 Å². The van der Waals surface area contributed by atoms with Crippen LogP contribution in [0.5, 0.6) is 11.5 Å². The quantitative estimate of drug-likeness (QED) is 0.747. The van der Waals surface area contributed by atoms with Crippen LogP contribution in [-0.4, -0.2) is 20.3 Å². The minimum Gasteiger partial charge on any atom is -0.493 e. The average Bonchev–Trinajstić information content (AvgIpc) is 3.11. The summed E-state index contributed by atoms with van der Waals surface area (Å²) in [5.41, 5.74) is 3.86. The van der Waals surface area contributed by atoms with Crippen LogP contribution >= 0.6 is 0 Å². The molecule has 1 N–H and O–H groups in total. The van der Waals surface area contributed by atoms with Crippen LogP contribution in [0.3, 0.4) is 0 Å². The van der Waals surface area contributed by atoms with Gasteiger partial charge in [0, 0.05) is 12.1 Å². The van der Waals surface area contributed by atoms with Crippen LogP contribution in [0.15, 0.2) is 18.2 Å². The van der Waals surface area contributed by atoms with Crippen molar-refractivity contribution in [2.45, 2.75) is 25.5 Å². The van der Waals surface area contributed by atoms with Gasteiger partial charge in [0.25, 0.3) is 0 Å². The Labute approximate surface area is 95.5 Å². The highest BCUT2D eigenvalue weighted by molar-refractivity contribution is 5.46. The van der Waals surface area contributed by atoms with E-state index in [1.165, 1.54) is 0 Å². The molecule has 0 aromatic heterocycles. The lowest BCUT2D eigenvalue weighted by Gasteiger charge is -2.14. The van der Waals surface area contributed by atoms with Crippen molar-refractivity contribution in [3.05, 3.63) is 23.8 Å². The Balaban J connectivity index is 2.18. The average molecular weight is 223 g/mol. The van der Waals surface area contributed by atoms with Gasteiger partial charge < -0.3 is 14.3 Å². The Hall–Kier alpha value is -1.26. The molecule has 0 radical (unpaired) electrons. The van der Waals surface area contributed by atoms with Gasteiger partial charge in [-0.2, -0.15) is 5.48 Å². The van der Waals surface area contributed by atoms with Crippen LogP contribution in [0.2, 0.25) is 0 Å². The van der Waals surface area contributed by atoms with Crippen molar-refractivity contribution >= 4 is 0 Å². The summed E-state index contributed by atoms with van der Waals surface area (Å²) in [5, 5.41) is 0. The van der Waals surface area contributed by atoms with Crippen LogP contribution in [0.1, 0.15) is 18.4 Å². The molecular weight excluding hydrogens is 206 g/mol. The van der Waals surface area contributed by atoms with Crippen LogP contribution < -0.4 is 15.0 Å². The zero-order valence-electron chi connectivity index (χ0n) is 9.66. The smallest absolute Gasteiger partial charge is 0.166 e. The van der Waals surface area contributed by atoms with Crippen molar-refractivity contribution in [3.8, 4) is 11.5 Å². The van der Waals surface area contributed by atoms with Crippen molar-refractivity contribution in [1.29, 1.82) is 0 Å². The first-order valence-electron chi connectivity index (χ1n) is 5.43. The fourth-order valence-electron chi connectivity index (χ4n) is 1.50. The normalized spacial score (nSPS) is 14.9. The highest BCUT2D eigenvalue weighted by atomic mass is 16.6. The van der Waals surface area contributed by atoms with E-state index in [0.29, 0.717) is 12.6 Å². The number of ether oxygens (including phenoxy) is 2. The van der Waals surface area contributed by atoms with Gasteiger partial charge in [0.05, 0.1) is 20.3 Å². The molecule has 1 aromatic carbocycles. The van der Waals surface area contributed by atoms with E-state index in [0.717, 1.165) is 29.9 Å². The molecule has 1 aliphatic carbocycles. The van der Waals surface area contributed by atoms with Gasteiger partial charge in [0.1, 0.15) is 0 Å². The predicted molar refractivity (Wildman–Crippen MR) is 60.5 cm³/mol. The third-order valence-electron chi connectivity index (χ3n) is 2.50. The lowest BCUT2D eigenvalue weighted by Crippen LogP contribution is -2.12. The third kappa shape index (κ3) is 2.65. The molecule has 0 bridgehead atoms. The molecule has 0 aliphatic heterocycles. The first-order chi connectivity index (χ1) is 7.85. The Morgan fingerprint density at radius 3 is 2.75 bits per heavy atom. The van der Waals surface area contributed by atoms with E-state index in [2.05, 4.69) is 5.48 Å². The number of rotatable bonds is 6. The molecule has 0 amide bonds. The van der Waals surface area contributed by atoms with Crippen molar-refractivity contribution < 1.29 is 14.3 Å². The highest BCUT2D eigenvalue weighted by Crippen LogP contribution is 2.36. The number of hydrogen-bond donors (Lipinski definition) is 1. The molecule has 0 heterocycles. The zero-order valence-corrected chi connectivity index (χ0v) is 9.66. The summed E-state index contributed by atoms with van der Waals surface area (Å²) in [7, 11) is 3.25. The van der Waals surface area contributed by atoms with Crippen LogP contribution in [0.25, 0.3) is 0 Å². The maximum atomic E-state index is 5.85. The van der Waals surface area contributed by atoms with Gasteiger partial charge in [0.2, 0.25) is 0 Å². The SMILES string of the molecule is CONCc1cccc(OC)c1OC1CC1. The molecule has 88 valence electrons. The maximum absolute atomic E-state index is 5.85. The molecule has 0 spiro atoms. The second-order valence-electron chi connectivity index (χ2n) is 3.79. The van der Waals surface area contributed by atoms with E-state index >= 15 is 0 Å². The molecule has 2 rings (SSSR count). The molecule has 4 heteroatoms. The van der Waals surface area contributed by atoms with Crippen LogP contribution in [0, 0.1) is 0 Å². The van der Waals surface area contributed by atoms with Gasteiger partial charge in [-0.15, -0.1) is 0 Å². The first-order valence-corrected chi connectivity index (χ1v) is 5.43. The molecule has 16 heavy (non-hydrogen) atoms. The van der Waals surface area contributed by atoms with E-state index in [1.54, 1.807) is 14.2 Å². The molecule has 1 fully saturated rings. The fourth-order valence-corrected chi connectivity index (χ4v) is 1.50. The molecule has 4 nitrogen and oxygen atoms in total. The molecule has 0 saturated heterocycles. The Morgan fingerprint density at radius 2 is 2.12 bits per heavy atom. The number of methoxy groups -OCH3 is 1. The van der Waals surface area contributed by atoms with Crippen LogP contribution in [-0.2, 0) is 11.4 Å². The highest BCUT2D eigenvalue weighted by Gasteiger charge is 2.26. The lowest BCUT2D eigenvalue weighted by atomic mass is 10.2. The lowest BCUT2D eigenvalue weighted by molar-refractivity contribution is 0.0857. The predicted octanol–water partition coefficient (Wildman–Crippen LogP) is 1.89. The summed E-state index contributed by atoms with van der Waals surface area (Å²) in [5.74, 6) is 1.61. The van der Waals surface area contributed by atoms with Gasteiger partial charge in [-0.25, -0.2) is 0 Å². The maximum Gasteiger partial charge on any atom is 0.166 e. The monoisotopic (exact) mass is 223 g/mol. The zero-order chi connectivity index (χ0) is 11.4. The molecule has 0 unspecified atom stereocenters. The number of hydroxylamine groups is 1. The Bertz CT molecular complexity index is 350. The second kappa shape index (κ2) is 5.18. The Morgan fingerprint density at radius 1 is 1.31 bits per heavy atom. The largest absolute Gasteiger partial charge is 0.493 e. The summed E-state index contributed by atoms with van der Waals surface area (Å²) in [6.07, 6.45) is 2.63. The van der Waals surface area contributed by atoms with Crippen LogP contribution in [0.4, 0.5) is 0 Å². The molecule has 0 atom stereocenters. The second-order valence-corrected chi connectivity index (χ2v) is 3.79. The number of para-hydroxylation sites is 1. The molecule has 1 saturated carbocycles. The third-order valence-corrected chi connectivity index (χ3v) is 2.50. The van der Waals surface area contributed by atoms with E-state index in [4.69, 9.17) is 14.3 Å². The van der Waals surface area contributed by atoms with Gasteiger partial charge in [0.15, 0.2) is 11.5 Å². The van der Waals surface area contributed by atoms with Gasteiger partial charge in [-0.3, -0.25) is 0 Å². The Kier molecular flexibility index (Phi) is 3.64. The van der Waals surface area contributed by atoms with Crippen molar-refractivity contribution in [3.63, 3.8) is 0 Å². The van der Waals surface area contributed by atoms with E-state index in [9.17, 15) is 0 Å². The number of nitrogens with one attached hydrogen (secondary N) is 1. The topological polar surface area (TPSA) is 39.7 Å². The number of benzene rings is 1. The molecule has 1 aromatic rings. The first kappa shape index (κ1) is 11.2. The van der Waals surface area contributed by atoms with E-state index < -0.39 is 0 Å². The standard InChI is InChI=1S/C12H17NO3/c1-14-11-5-3-4-9(8-13-15-2)12(11)16-10-6-7-10/h3-5,10,13H,6-8H2,1-2H3. The van der Waals surface area contributed by atoms with Gasteiger partial charge in [-0.05, 0) is 18.9 Å². The number of hydrogen-bond acceptors (Lipinski definition) is 4. The summed E-state index contributed by atoms with van der Waals surface area (Å²) in [4.78, 5) is 4.85. The minimum absolute atomic E-state index is 0.359. The van der Waals surface area contributed by atoms with Gasteiger partial charge >= 0.3 is 0 Å². The van der Waals surface area contributed by atoms with Crippen molar-refractivity contribution in [2.24, 2.45) is 0 Å². The summed E-state index contributed by atoms with van der Waals surface area (Å²) >= 11 is 0. The van der Waals surface area contributed by atoms with E-state index in [-0.39, 0.29) is 0 Å². The van der Waals surface area contributed by atoms with Crippen molar-refractivity contribution in [1.82, 2.24) is 5.48 Å². The van der Waals surface area contributed by atoms with Crippen molar-refractivity contribution in [2.75, 3.05) is 14.2 Å². The molecule has 1 aliphatic rings. The fraction of sp³-hybridized carbons (Fsp3) is 0.500. The molecular formula is C12H17NO3. The summed E-state index contributed by atoms with van der Waals surface area (Å²) in [6.45, 7) is 0.607. The van der Waals surface area contributed by atoms with Gasteiger partial charge in [-0.1, -0.05) is 12.1 Å². The summed E-state index contributed by atoms with van der Waals surface area (Å²) in [6, 6.07) is 5.87.